The molecule has 0 atom stereocenters. The molecule has 0 radical (unpaired) electrons. The standard InChI is InChI=1S/C16H14N2O2/c1-20-16(19)14-11-7-3-5-9-13(11)18-15(14)10-6-2-4-8-12(10)17/h2-9,18H,17H2,1H3. The predicted octanol–water partition coefficient (Wildman–Crippen LogP) is 3.20. The van der Waals surface area contributed by atoms with E-state index in [-0.39, 0.29) is 5.97 Å². The lowest BCUT2D eigenvalue weighted by molar-refractivity contribution is 0.0604. The number of ether oxygens (including phenoxy) is 1. The number of nitrogens with one attached hydrogen (secondary N) is 1. The van der Waals surface area contributed by atoms with E-state index in [1.807, 2.05) is 48.5 Å². The smallest absolute Gasteiger partial charge is 0.340 e. The highest BCUT2D eigenvalue weighted by Crippen LogP contribution is 2.33. The molecule has 4 heteroatoms. The van der Waals surface area contributed by atoms with E-state index in [0.29, 0.717) is 16.9 Å². The zero-order chi connectivity index (χ0) is 14.1. The van der Waals surface area contributed by atoms with Crippen LogP contribution in [0.2, 0.25) is 0 Å². The van der Waals surface area contributed by atoms with Gasteiger partial charge in [0.15, 0.2) is 0 Å². The summed E-state index contributed by atoms with van der Waals surface area (Å²) in [4.78, 5) is 15.4. The molecule has 0 aliphatic rings. The minimum atomic E-state index is -0.374. The van der Waals surface area contributed by atoms with Crippen LogP contribution in [-0.2, 0) is 4.74 Å². The first-order valence-corrected chi connectivity index (χ1v) is 6.26. The summed E-state index contributed by atoms with van der Waals surface area (Å²) in [5, 5.41) is 0.831. The number of para-hydroxylation sites is 2. The van der Waals surface area contributed by atoms with Gasteiger partial charge in [-0.25, -0.2) is 4.79 Å². The van der Waals surface area contributed by atoms with Gasteiger partial charge in [-0.15, -0.1) is 0 Å². The predicted molar refractivity (Wildman–Crippen MR) is 79.5 cm³/mol. The van der Waals surface area contributed by atoms with Crippen LogP contribution < -0.4 is 5.73 Å². The third kappa shape index (κ3) is 1.82. The number of rotatable bonds is 2. The molecule has 3 rings (SSSR count). The molecule has 1 heterocycles. The quantitative estimate of drug-likeness (QED) is 0.553. The molecule has 20 heavy (non-hydrogen) atoms. The van der Waals surface area contributed by atoms with Crippen LogP contribution >= 0.6 is 0 Å². The number of benzene rings is 2. The number of hydrogen-bond acceptors (Lipinski definition) is 3. The van der Waals surface area contributed by atoms with E-state index >= 15 is 0 Å². The number of esters is 1. The van der Waals surface area contributed by atoms with E-state index in [2.05, 4.69) is 4.98 Å². The van der Waals surface area contributed by atoms with Crippen LogP contribution in [0.4, 0.5) is 5.69 Å². The van der Waals surface area contributed by atoms with Gasteiger partial charge in [0.2, 0.25) is 0 Å². The summed E-state index contributed by atoms with van der Waals surface area (Å²) in [7, 11) is 1.38. The van der Waals surface area contributed by atoms with Crippen LogP contribution in [0.3, 0.4) is 0 Å². The molecule has 1 aromatic heterocycles. The van der Waals surface area contributed by atoms with Crippen molar-refractivity contribution < 1.29 is 9.53 Å². The topological polar surface area (TPSA) is 68.1 Å². The molecule has 2 aromatic carbocycles. The summed E-state index contributed by atoms with van der Waals surface area (Å²) in [5.41, 5.74) is 9.51. The van der Waals surface area contributed by atoms with Gasteiger partial charge in [-0.1, -0.05) is 36.4 Å². The average molecular weight is 266 g/mol. The van der Waals surface area contributed by atoms with Crippen LogP contribution in [0.15, 0.2) is 48.5 Å². The molecule has 0 spiro atoms. The number of fused-ring (bicyclic) bond motifs is 1. The van der Waals surface area contributed by atoms with Gasteiger partial charge in [-0.05, 0) is 12.1 Å². The molecule has 0 unspecified atom stereocenters. The Bertz CT molecular complexity index is 790. The van der Waals surface area contributed by atoms with Crippen LogP contribution in [0.1, 0.15) is 10.4 Å². The Morgan fingerprint density at radius 2 is 1.80 bits per heavy atom. The largest absolute Gasteiger partial charge is 0.465 e. The molecule has 3 N–H and O–H groups in total. The Balaban J connectivity index is 2.35. The van der Waals surface area contributed by atoms with E-state index in [0.717, 1.165) is 16.5 Å². The van der Waals surface area contributed by atoms with Crippen LogP contribution in [0.25, 0.3) is 22.2 Å². The van der Waals surface area contributed by atoms with Crippen LogP contribution in [-0.4, -0.2) is 18.1 Å². The SMILES string of the molecule is COC(=O)c1c(-c2ccccc2N)[nH]c2ccccc12. The van der Waals surface area contributed by atoms with E-state index in [1.165, 1.54) is 7.11 Å². The lowest BCUT2D eigenvalue weighted by Gasteiger charge is -2.06. The maximum Gasteiger partial charge on any atom is 0.340 e. The van der Waals surface area contributed by atoms with Crippen molar-refractivity contribution in [3.8, 4) is 11.3 Å². The number of carbonyl (C=O) groups excluding carboxylic acids is 1. The highest BCUT2D eigenvalue weighted by molar-refractivity contribution is 6.10. The number of carbonyl (C=O) groups is 1. The normalized spacial score (nSPS) is 10.7. The van der Waals surface area contributed by atoms with Crippen molar-refractivity contribution in [2.24, 2.45) is 0 Å². The maximum atomic E-state index is 12.1. The second kappa shape index (κ2) is 4.74. The van der Waals surface area contributed by atoms with Gasteiger partial charge in [0.25, 0.3) is 0 Å². The summed E-state index contributed by atoms with van der Waals surface area (Å²) in [6, 6.07) is 15.1. The average Bonchev–Trinajstić information content (AvgIpc) is 2.86. The lowest BCUT2D eigenvalue weighted by Crippen LogP contribution is -2.03. The van der Waals surface area contributed by atoms with E-state index < -0.39 is 0 Å². The van der Waals surface area contributed by atoms with Gasteiger partial charge in [-0.3, -0.25) is 0 Å². The summed E-state index contributed by atoms with van der Waals surface area (Å²) in [6.07, 6.45) is 0. The molecule has 0 aliphatic carbocycles. The second-order valence-corrected chi connectivity index (χ2v) is 4.50. The second-order valence-electron chi connectivity index (χ2n) is 4.50. The number of anilines is 1. The lowest BCUT2D eigenvalue weighted by atomic mass is 10.0. The first-order valence-electron chi connectivity index (χ1n) is 6.26. The number of methoxy groups -OCH3 is 1. The number of H-pyrrole nitrogens is 1. The van der Waals surface area contributed by atoms with Gasteiger partial charge in [0.05, 0.1) is 18.4 Å². The molecular formula is C16H14N2O2. The fourth-order valence-electron chi connectivity index (χ4n) is 2.38. The van der Waals surface area contributed by atoms with Crippen molar-refractivity contribution in [1.29, 1.82) is 0 Å². The number of nitrogens with two attached hydrogens (primary N) is 1. The fourth-order valence-corrected chi connectivity index (χ4v) is 2.38. The Labute approximate surface area is 116 Å². The molecule has 0 fully saturated rings. The summed E-state index contributed by atoms with van der Waals surface area (Å²) in [6.45, 7) is 0. The highest BCUT2D eigenvalue weighted by Gasteiger charge is 2.20. The Morgan fingerprint density at radius 3 is 2.55 bits per heavy atom. The van der Waals surface area contributed by atoms with E-state index in [1.54, 1.807) is 0 Å². The van der Waals surface area contributed by atoms with Gasteiger partial charge in [0.1, 0.15) is 0 Å². The molecule has 0 bridgehead atoms. The van der Waals surface area contributed by atoms with Crippen molar-refractivity contribution >= 4 is 22.6 Å². The highest BCUT2D eigenvalue weighted by atomic mass is 16.5. The summed E-state index contributed by atoms with van der Waals surface area (Å²) >= 11 is 0. The van der Waals surface area contributed by atoms with Crippen molar-refractivity contribution in [3.05, 3.63) is 54.1 Å². The maximum absolute atomic E-state index is 12.1. The molecule has 4 nitrogen and oxygen atoms in total. The van der Waals surface area contributed by atoms with Crippen molar-refractivity contribution in [2.45, 2.75) is 0 Å². The first kappa shape index (κ1) is 12.3. The van der Waals surface area contributed by atoms with E-state index in [4.69, 9.17) is 10.5 Å². The minimum absolute atomic E-state index is 0.374. The molecule has 0 amide bonds. The van der Waals surface area contributed by atoms with E-state index in [9.17, 15) is 4.79 Å². The van der Waals surface area contributed by atoms with Gasteiger partial charge in [0, 0.05) is 22.2 Å². The third-order valence-electron chi connectivity index (χ3n) is 3.33. The monoisotopic (exact) mass is 266 g/mol. The molecule has 100 valence electrons. The summed E-state index contributed by atoms with van der Waals surface area (Å²) < 4.78 is 4.90. The van der Waals surface area contributed by atoms with Crippen molar-refractivity contribution in [2.75, 3.05) is 12.8 Å². The first-order chi connectivity index (χ1) is 9.72. The Morgan fingerprint density at radius 1 is 1.10 bits per heavy atom. The number of hydrogen-bond donors (Lipinski definition) is 2. The van der Waals surface area contributed by atoms with Crippen LogP contribution in [0.5, 0.6) is 0 Å². The van der Waals surface area contributed by atoms with Gasteiger partial charge in [-0.2, -0.15) is 0 Å². The summed E-state index contributed by atoms with van der Waals surface area (Å²) in [5.74, 6) is -0.374. The molecule has 3 aromatic rings. The van der Waals surface area contributed by atoms with Crippen molar-refractivity contribution in [3.63, 3.8) is 0 Å². The van der Waals surface area contributed by atoms with Gasteiger partial charge < -0.3 is 15.5 Å². The molecular weight excluding hydrogens is 252 g/mol. The fraction of sp³-hybridized carbons (Fsp3) is 0.0625. The molecule has 0 saturated carbocycles. The minimum Gasteiger partial charge on any atom is -0.465 e. The molecule has 0 saturated heterocycles. The number of nitrogen functional groups attached to an aromatic ring is 1. The van der Waals surface area contributed by atoms with Crippen molar-refractivity contribution in [1.82, 2.24) is 4.98 Å². The zero-order valence-corrected chi connectivity index (χ0v) is 11.0. The number of aromatic nitrogens is 1. The Kier molecular flexibility index (Phi) is 2.91. The molecule has 0 aliphatic heterocycles. The van der Waals surface area contributed by atoms with Gasteiger partial charge >= 0.3 is 5.97 Å². The number of aromatic amines is 1. The van der Waals surface area contributed by atoms with Crippen LogP contribution in [0, 0.1) is 0 Å². The third-order valence-corrected chi connectivity index (χ3v) is 3.33. The zero-order valence-electron chi connectivity index (χ0n) is 11.0. The Hall–Kier alpha value is -2.75.